The molecule has 0 aliphatic heterocycles. The molecule has 0 spiro atoms. The molecule has 0 saturated heterocycles. The van der Waals surface area contributed by atoms with Gasteiger partial charge in [0.15, 0.2) is 0 Å². The van der Waals surface area contributed by atoms with Crippen LogP contribution in [0.25, 0.3) is 0 Å². The van der Waals surface area contributed by atoms with Gasteiger partial charge in [0.2, 0.25) is 0 Å². The summed E-state index contributed by atoms with van der Waals surface area (Å²) in [4.78, 5) is 24.7. The second-order valence-electron chi connectivity index (χ2n) is 4.66. The van der Waals surface area contributed by atoms with Crippen molar-refractivity contribution < 1.29 is 4.79 Å². The van der Waals surface area contributed by atoms with Gasteiger partial charge in [0.25, 0.3) is 5.91 Å². The summed E-state index contributed by atoms with van der Waals surface area (Å²) in [7, 11) is 0. The van der Waals surface area contributed by atoms with Crippen molar-refractivity contribution in [1.29, 1.82) is 0 Å². The first-order valence-corrected chi connectivity index (χ1v) is 6.87. The number of rotatable bonds is 4. The van der Waals surface area contributed by atoms with Crippen LogP contribution in [-0.4, -0.2) is 20.9 Å². The van der Waals surface area contributed by atoms with E-state index in [2.05, 4.69) is 20.3 Å². The summed E-state index contributed by atoms with van der Waals surface area (Å²) in [6, 6.07) is 15.0. The quantitative estimate of drug-likeness (QED) is 0.801. The predicted molar refractivity (Wildman–Crippen MR) is 82.0 cm³/mol. The van der Waals surface area contributed by atoms with Gasteiger partial charge >= 0.3 is 0 Å². The molecule has 0 bridgehead atoms. The summed E-state index contributed by atoms with van der Waals surface area (Å²) in [6.07, 6.45) is 6.17. The van der Waals surface area contributed by atoms with E-state index in [9.17, 15) is 4.79 Å². The van der Waals surface area contributed by atoms with Crippen LogP contribution in [0.3, 0.4) is 0 Å². The van der Waals surface area contributed by atoms with Gasteiger partial charge in [-0.3, -0.25) is 14.8 Å². The Morgan fingerprint density at radius 3 is 2.41 bits per heavy atom. The van der Waals surface area contributed by atoms with E-state index < -0.39 is 0 Å². The third-order valence-electron chi connectivity index (χ3n) is 3.19. The molecule has 1 atom stereocenters. The molecular formula is C17H14N4O. The molecule has 1 N–H and O–H groups in total. The summed E-state index contributed by atoms with van der Waals surface area (Å²) < 4.78 is 0. The molecule has 3 aromatic rings. The molecule has 0 aliphatic carbocycles. The molecule has 2 heterocycles. The van der Waals surface area contributed by atoms with Crippen molar-refractivity contribution in [1.82, 2.24) is 20.3 Å². The molecule has 1 aromatic carbocycles. The Kier molecular flexibility index (Phi) is 4.15. The molecule has 0 radical (unpaired) electrons. The van der Waals surface area contributed by atoms with Gasteiger partial charge in [-0.05, 0) is 17.7 Å². The molecule has 108 valence electrons. The summed E-state index contributed by atoms with van der Waals surface area (Å²) in [6.45, 7) is 0. The zero-order valence-corrected chi connectivity index (χ0v) is 11.8. The van der Waals surface area contributed by atoms with Gasteiger partial charge in [-0.25, -0.2) is 4.98 Å². The van der Waals surface area contributed by atoms with Crippen molar-refractivity contribution in [2.24, 2.45) is 0 Å². The molecule has 2 aromatic heterocycles. The lowest BCUT2D eigenvalue weighted by Crippen LogP contribution is -2.30. The van der Waals surface area contributed by atoms with Crippen LogP contribution in [0.15, 0.2) is 73.3 Å². The summed E-state index contributed by atoms with van der Waals surface area (Å²) >= 11 is 0. The first kappa shape index (κ1) is 13.9. The molecule has 0 aliphatic rings. The average molecular weight is 290 g/mol. The van der Waals surface area contributed by atoms with Crippen molar-refractivity contribution in [3.8, 4) is 0 Å². The Labute approximate surface area is 128 Å². The van der Waals surface area contributed by atoms with Crippen molar-refractivity contribution in [2.75, 3.05) is 0 Å². The normalized spacial score (nSPS) is 11.6. The maximum Gasteiger partial charge on any atom is 0.272 e. The van der Waals surface area contributed by atoms with E-state index in [0.717, 1.165) is 11.3 Å². The lowest BCUT2D eigenvalue weighted by Gasteiger charge is -2.18. The Bertz CT molecular complexity index is 693. The third-order valence-corrected chi connectivity index (χ3v) is 3.19. The summed E-state index contributed by atoms with van der Waals surface area (Å²) in [5.74, 6) is -0.285. The largest absolute Gasteiger partial charge is 0.338 e. The highest BCUT2D eigenvalue weighted by molar-refractivity contribution is 5.92. The minimum atomic E-state index is -0.336. The summed E-state index contributed by atoms with van der Waals surface area (Å²) in [5, 5.41) is 2.96. The monoisotopic (exact) mass is 290 g/mol. The zero-order chi connectivity index (χ0) is 15.2. The van der Waals surface area contributed by atoms with Gasteiger partial charge < -0.3 is 5.32 Å². The van der Waals surface area contributed by atoms with Crippen LogP contribution in [0, 0.1) is 0 Å². The number of pyridine rings is 1. The smallest absolute Gasteiger partial charge is 0.272 e. The van der Waals surface area contributed by atoms with E-state index in [1.54, 1.807) is 6.20 Å². The lowest BCUT2D eigenvalue weighted by molar-refractivity contribution is 0.0937. The Morgan fingerprint density at radius 1 is 0.909 bits per heavy atom. The van der Waals surface area contributed by atoms with Crippen LogP contribution in [0.1, 0.15) is 27.8 Å². The van der Waals surface area contributed by atoms with E-state index in [1.807, 2.05) is 48.5 Å². The number of nitrogens with zero attached hydrogens (tertiary/aromatic N) is 3. The van der Waals surface area contributed by atoms with Crippen LogP contribution in [0.5, 0.6) is 0 Å². The summed E-state index contributed by atoms with van der Waals surface area (Å²) in [5.41, 5.74) is 2.00. The Morgan fingerprint density at radius 2 is 1.73 bits per heavy atom. The number of hydrogen-bond acceptors (Lipinski definition) is 4. The minimum Gasteiger partial charge on any atom is -0.338 e. The number of amides is 1. The standard InChI is InChI=1S/C17H14N4O/c22-17(15-12-18-10-11-20-15)21-16(13-6-2-1-3-7-13)14-8-4-5-9-19-14/h1-12,16H,(H,21,22). The van der Waals surface area contributed by atoms with Gasteiger partial charge in [-0.15, -0.1) is 0 Å². The van der Waals surface area contributed by atoms with Crippen LogP contribution in [-0.2, 0) is 0 Å². The molecule has 22 heavy (non-hydrogen) atoms. The van der Waals surface area contributed by atoms with Crippen molar-refractivity contribution in [2.45, 2.75) is 6.04 Å². The van der Waals surface area contributed by atoms with Gasteiger partial charge in [-0.2, -0.15) is 0 Å². The highest BCUT2D eigenvalue weighted by atomic mass is 16.1. The van der Waals surface area contributed by atoms with Gasteiger partial charge in [0.1, 0.15) is 5.69 Å². The molecule has 0 saturated carbocycles. The fourth-order valence-corrected chi connectivity index (χ4v) is 2.14. The number of aromatic nitrogens is 3. The highest BCUT2D eigenvalue weighted by Crippen LogP contribution is 2.20. The van der Waals surface area contributed by atoms with E-state index >= 15 is 0 Å². The Hall–Kier alpha value is -3.08. The van der Waals surface area contributed by atoms with E-state index in [0.29, 0.717) is 0 Å². The van der Waals surface area contributed by atoms with E-state index in [-0.39, 0.29) is 17.6 Å². The molecular weight excluding hydrogens is 276 g/mol. The maximum atomic E-state index is 12.4. The van der Waals surface area contributed by atoms with Crippen LogP contribution >= 0.6 is 0 Å². The first-order valence-electron chi connectivity index (χ1n) is 6.87. The van der Waals surface area contributed by atoms with Crippen molar-refractivity contribution in [3.05, 3.63) is 90.3 Å². The van der Waals surface area contributed by atoms with Crippen LogP contribution in [0.4, 0.5) is 0 Å². The molecule has 1 amide bonds. The predicted octanol–water partition coefficient (Wildman–Crippen LogP) is 2.39. The second-order valence-corrected chi connectivity index (χ2v) is 4.66. The van der Waals surface area contributed by atoms with Gasteiger partial charge in [-0.1, -0.05) is 36.4 Å². The lowest BCUT2D eigenvalue weighted by atomic mass is 10.0. The van der Waals surface area contributed by atoms with Gasteiger partial charge in [0.05, 0.1) is 17.9 Å². The number of benzene rings is 1. The SMILES string of the molecule is O=C(NC(c1ccccc1)c1ccccn1)c1cnccn1. The van der Waals surface area contributed by atoms with E-state index in [4.69, 9.17) is 0 Å². The fourth-order valence-electron chi connectivity index (χ4n) is 2.14. The fraction of sp³-hybridized carbons (Fsp3) is 0.0588. The first-order chi connectivity index (χ1) is 10.8. The molecule has 5 heteroatoms. The number of hydrogen-bond donors (Lipinski definition) is 1. The third kappa shape index (κ3) is 3.15. The number of carbonyl (C=O) groups is 1. The molecule has 5 nitrogen and oxygen atoms in total. The highest BCUT2D eigenvalue weighted by Gasteiger charge is 2.19. The second kappa shape index (κ2) is 6.58. The topological polar surface area (TPSA) is 67.8 Å². The van der Waals surface area contributed by atoms with E-state index in [1.165, 1.54) is 18.6 Å². The van der Waals surface area contributed by atoms with Gasteiger partial charge in [0, 0.05) is 18.6 Å². The molecule has 0 fully saturated rings. The minimum absolute atomic E-state index is 0.277. The van der Waals surface area contributed by atoms with Crippen molar-refractivity contribution >= 4 is 5.91 Å². The molecule has 3 rings (SSSR count). The average Bonchev–Trinajstić information content (AvgIpc) is 2.62. The van der Waals surface area contributed by atoms with Crippen LogP contribution < -0.4 is 5.32 Å². The molecule has 1 unspecified atom stereocenters. The number of carbonyl (C=O) groups excluding carboxylic acids is 1. The number of nitrogens with one attached hydrogen (secondary N) is 1. The van der Waals surface area contributed by atoms with Crippen molar-refractivity contribution in [3.63, 3.8) is 0 Å². The zero-order valence-electron chi connectivity index (χ0n) is 11.8. The van der Waals surface area contributed by atoms with Crippen LogP contribution in [0.2, 0.25) is 0 Å². The maximum absolute atomic E-state index is 12.4. The Balaban J connectivity index is 1.91.